The number of nitrogens with two attached hydrogens (primary N) is 2. The van der Waals surface area contributed by atoms with Crippen LogP contribution in [0.5, 0.6) is 0 Å². The van der Waals surface area contributed by atoms with Crippen LogP contribution in [0.15, 0.2) is 23.1 Å². The summed E-state index contributed by atoms with van der Waals surface area (Å²) in [5.41, 5.74) is 7.34. The molecule has 1 aromatic rings. The molecule has 2 rings (SSSR count). The van der Waals surface area contributed by atoms with Crippen molar-refractivity contribution in [3.8, 4) is 0 Å². The van der Waals surface area contributed by atoms with Gasteiger partial charge >= 0.3 is 0 Å². The van der Waals surface area contributed by atoms with Crippen molar-refractivity contribution in [2.45, 2.75) is 37.1 Å². The summed E-state index contributed by atoms with van der Waals surface area (Å²) in [6.07, 6.45) is 2.22. The summed E-state index contributed by atoms with van der Waals surface area (Å²) in [4.78, 5) is 2.27. The van der Waals surface area contributed by atoms with Gasteiger partial charge in [0.05, 0.1) is 16.3 Å². The summed E-state index contributed by atoms with van der Waals surface area (Å²) >= 11 is 0. The molecule has 1 fully saturated rings. The molecule has 18 heavy (non-hydrogen) atoms. The zero-order valence-electron chi connectivity index (χ0n) is 10.7. The predicted molar refractivity (Wildman–Crippen MR) is 72.9 cm³/mol. The Kier molecular flexibility index (Phi) is 3.03. The minimum atomic E-state index is -3.69. The number of hydrogen-bond acceptors (Lipinski definition) is 4. The summed E-state index contributed by atoms with van der Waals surface area (Å²) in [6.45, 7) is 5.26. The molecule has 5 nitrogen and oxygen atoms in total. The second-order valence-corrected chi connectivity index (χ2v) is 6.89. The van der Waals surface area contributed by atoms with Crippen LogP contribution in [0, 0.1) is 0 Å². The molecule has 0 saturated carbocycles. The van der Waals surface area contributed by atoms with E-state index in [1.165, 1.54) is 12.1 Å². The molecule has 0 aromatic heterocycles. The quantitative estimate of drug-likeness (QED) is 0.792. The Balaban J connectivity index is 2.43. The fourth-order valence-electron chi connectivity index (χ4n) is 2.51. The number of nitrogen functional groups attached to an aromatic ring is 1. The van der Waals surface area contributed by atoms with Crippen molar-refractivity contribution >= 4 is 21.4 Å². The van der Waals surface area contributed by atoms with E-state index in [0.717, 1.165) is 25.1 Å². The van der Waals surface area contributed by atoms with Crippen LogP contribution in [0.25, 0.3) is 0 Å². The van der Waals surface area contributed by atoms with Gasteiger partial charge in [0.1, 0.15) is 0 Å². The van der Waals surface area contributed by atoms with E-state index in [-0.39, 0.29) is 10.4 Å². The van der Waals surface area contributed by atoms with Gasteiger partial charge in [-0.25, -0.2) is 13.6 Å². The summed E-state index contributed by atoms with van der Waals surface area (Å²) < 4.78 is 22.5. The highest BCUT2D eigenvalue weighted by Gasteiger charge is 2.33. The monoisotopic (exact) mass is 269 g/mol. The molecule has 1 aliphatic rings. The van der Waals surface area contributed by atoms with Gasteiger partial charge in [-0.2, -0.15) is 0 Å². The Morgan fingerprint density at radius 2 is 2.00 bits per heavy atom. The van der Waals surface area contributed by atoms with Crippen LogP contribution in [-0.2, 0) is 10.0 Å². The van der Waals surface area contributed by atoms with Crippen LogP contribution in [0.2, 0.25) is 0 Å². The fourth-order valence-corrected chi connectivity index (χ4v) is 3.06. The van der Waals surface area contributed by atoms with Crippen LogP contribution in [0.1, 0.15) is 26.7 Å². The van der Waals surface area contributed by atoms with Gasteiger partial charge in [0.15, 0.2) is 0 Å². The van der Waals surface area contributed by atoms with Crippen LogP contribution in [-0.4, -0.2) is 20.5 Å². The van der Waals surface area contributed by atoms with E-state index >= 15 is 0 Å². The van der Waals surface area contributed by atoms with Crippen LogP contribution < -0.4 is 15.8 Å². The van der Waals surface area contributed by atoms with Crippen molar-refractivity contribution in [2.75, 3.05) is 17.2 Å². The van der Waals surface area contributed by atoms with Gasteiger partial charge in [0.2, 0.25) is 10.0 Å². The number of anilines is 2. The molecule has 0 atom stereocenters. The van der Waals surface area contributed by atoms with E-state index in [1.807, 2.05) is 0 Å². The molecule has 1 aromatic carbocycles. The van der Waals surface area contributed by atoms with E-state index in [1.54, 1.807) is 6.07 Å². The number of primary sulfonamides is 1. The first-order valence-electron chi connectivity index (χ1n) is 5.92. The first-order valence-corrected chi connectivity index (χ1v) is 7.46. The fraction of sp³-hybridized carbons (Fsp3) is 0.500. The first kappa shape index (κ1) is 13.2. The smallest absolute Gasteiger partial charge is 0.238 e. The zero-order chi connectivity index (χ0) is 13.6. The maximum atomic E-state index is 11.3. The van der Waals surface area contributed by atoms with Gasteiger partial charge in [-0.3, -0.25) is 0 Å². The van der Waals surface area contributed by atoms with Gasteiger partial charge < -0.3 is 10.6 Å². The lowest BCUT2D eigenvalue weighted by atomic mass is 10.0. The van der Waals surface area contributed by atoms with Crippen molar-refractivity contribution in [3.05, 3.63) is 18.2 Å². The Labute approximate surface area is 108 Å². The minimum Gasteiger partial charge on any atom is -0.397 e. The lowest BCUT2D eigenvalue weighted by molar-refractivity contribution is 0.518. The highest BCUT2D eigenvalue weighted by atomic mass is 32.2. The molecule has 0 aliphatic carbocycles. The number of hydrogen-bond donors (Lipinski definition) is 2. The van der Waals surface area contributed by atoms with Crippen LogP contribution in [0.3, 0.4) is 0 Å². The minimum absolute atomic E-state index is 0.0528. The van der Waals surface area contributed by atoms with E-state index in [4.69, 9.17) is 10.9 Å². The molecule has 0 unspecified atom stereocenters. The topological polar surface area (TPSA) is 89.4 Å². The molecule has 100 valence electrons. The first-order chi connectivity index (χ1) is 8.22. The Bertz CT molecular complexity index is 567. The van der Waals surface area contributed by atoms with Gasteiger partial charge in [-0.05, 0) is 44.9 Å². The second kappa shape index (κ2) is 4.13. The second-order valence-electron chi connectivity index (χ2n) is 5.33. The zero-order valence-corrected chi connectivity index (χ0v) is 11.5. The summed E-state index contributed by atoms with van der Waals surface area (Å²) in [5.74, 6) is 0. The Morgan fingerprint density at radius 1 is 1.33 bits per heavy atom. The standard InChI is InChI=1S/C12H19N3O2S/c1-12(2)6-3-7-15(12)11-5-4-9(8-10(11)13)18(14,16)17/h4-5,8H,3,6-7,13H2,1-2H3,(H2,14,16,17). The summed E-state index contributed by atoms with van der Waals surface area (Å²) in [6, 6.07) is 4.68. The molecular weight excluding hydrogens is 250 g/mol. The maximum absolute atomic E-state index is 11.3. The molecule has 6 heteroatoms. The lowest BCUT2D eigenvalue weighted by Gasteiger charge is -2.34. The highest BCUT2D eigenvalue weighted by Crippen LogP contribution is 2.37. The summed E-state index contributed by atoms with van der Waals surface area (Å²) in [5, 5.41) is 5.09. The molecule has 1 saturated heterocycles. The van der Waals surface area contributed by atoms with Crippen molar-refractivity contribution < 1.29 is 8.42 Å². The molecule has 0 spiro atoms. The molecule has 0 amide bonds. The molecular formula is C12H19N3O2S. The third-order valence-electron chi connectivity index (χ3n) is 3.52. The van der Waals surface area contributed by atoms with Gasteiger partial charge in [-0.1, -0.05) is 0 Å². The molecule has 0 radical (unpaired) electrons. The molecule has 1 aliphatic heterocycles. The normalized spacial score (nSPS) is 19.2. The number of nitrogens with zero attached hydrogens (tertiary/aromatic N) is 1. The highest BCUT2D eigenvalue weighted by molar-refractivity contribution is 7.89. The van der Waals surface area contributed by atoms with Gasteiger partial charge in [0, 0.05) is 12.1 Å². The van der Waals surface area contributed by atoms with E-state index in [2.05, 4.69) is 18.7 Å². The van der Waals surface area contributed by atoms with Crippen LogP contribution in [0.4, 0.5) is 11.4 Å². The van der Waals surface area contributed by atoms with Crippen molar-refractivity contribution in [3.63, 3.8) is 0 Å². The molecule has 4 N–H and O–H groups in total. The van der Waals surface area contributed by atoms with Gasteiger partial charge in [-0.15, -0.1) is 0 Å². The Morgan fingerprint density at radius 3 is 2.44 bits per heavy atom. The van der Waals surface area contributed by atoms with E-state index < -0.39 is 10.0 Å². The van der Waals surface area contributed by atoms with Gasteiger partial charge in [0.25, 0.3) is 0 Å². The van der Waals surface area contributed by atoms with Crippen molar-refractivity contribution in [1.82, 2.24) is 0 Å². The average molecular weight is 269 g/mol. The van der Waals surface area contributed by atoms with E-state index in [9.17, 15) is 8.42 Å². The lowest BCUT2D eigenvalue weighted by Crippen LogP contribution is -2.38. The number of benzene rings is 1. The van der Waals surface area contributed by atoms with Crippen molar-refractivity contribution in [1.29, 1.82) is 0 Å². The van der Waals surface area contributed by atoms with Crippen molar-refractivity contribution in [2.24, 2.45) is 5.14 Å². The summed E-state index contributed by atoms with van der Waals surface area (Å²) in [7, 11) is -3.69. The molecule has 1 heterocycles. The predicted octanol–water partition coefficient (Wildman–Crippen LogP) is 1.30. The third-order valence-corrected chi connectivity index (χ3v) is 4.43. The number of rotatable bonds is 2. The number of sulfonamides is 1. The average Bonchev–Trinajstić information content (AvgIpc) is 2.56. The Hall–Kier alpha value is -1.27. The molecule has 0 bridgehead atoms. The van der Waals surface area contributed by atoms with Crippen LogP contribution >= 0.6 is 0 Å². The van der Waals surface area contributed by atoms with E-state index in [0.29, 0.717) is 5.69 Å². The largest absolute Gasteiger partial charge is 0.397 e. The SMILES string of the molecule is CC1(C)CCCN1c1ccc(S(N)(=O)=O)cc1N. The third kappa shape index (κ3) is 2.30. The maximum Gasteiger partial charge on any atom is 0.238 e.